The van der Waals surface area contributed by atoms with Crippen molar-refractivity contribution in [2.24, 2.45) is 5.92 Å². The van der Waals surface area contributed by atoms with Gasteiger partial charge in [-0.05, 0) is 55.5 Å². The molecule has 4 rings (SSSR count). The lowest BCUT2D eigenvalue weighted by molar-refractivity contribution is 0.0954. The number of rotatable bonds is 8. The number of amides is 1. The number of hydrogen-bond donors (Lipinski definition) is 1. The molecule has 3 heterocycles. The molecule has 0 radical (unpaired) electrons. The lowest BCUT2D eigenvalue weighted by Crippen LogP contribution is -2.33. The van der Waals surface area contributed by atoms with Crippen LogP contribution in [0.15, 0.2) is 24.3 Å². The highest BCUT2D eigenvalue weighted by atomic mass is 32.1. The molecule has 1 aromatic carbocycles. The standard InChI is InChI=1S/C25H32N4O3S/c1-16-9-11-29(12-10-16)14-19-8-6-5-7-18(19)13-26-23(30)22-17(2)21-24(32-4)27-20(15-31-3)28-25(21)33-22/h5-8,16H,9-15H2,1-4H3,(H,26,30). The first-order valence-corrected chi connectivity index (χ1v) is 12.2. The third-order valence-corrected chi connectivity index (χ3v) is 7.49. The van der Waals surface area contributed by atoms with Crippen molar-refractivity contribution >= 4 is 27.5 Å². The predicted octanol–water partition coefficient (Wildman–Crippen LogP) is 4.32. The molecule has 7 nitrogen and oxygen atoms in total. The summed E-state index contributed by atoms with van der Waals surface area (Å²) in [5.41, 5.74) is 3.27. The molecule has 0 saturated carbocycles. The van der Waals surface area contributed by atoms with Crippen molar-refractivity contribution in [2.45, 2.75) is 46.4 Å². The molecular formula is C25H32N4O3S. The largest absolute Gasteiger partial charge is 0.480 e. The summed E-state index contributed by atoms with van der Waals surface area (Å²) in [5, 5.41) is 3.90. The van der Waals surface area contributed by atoms with Gasteiger partial charge in [-0.15, -0.1) is 11.3 Å². The zero-order valence-electron chi connectivity index (χ0n) is 19.8. The summed E-state index contributed by atoms with van der Waals surface area (Å²) in [6.07, 6.45) is 2.51. The van der Waals surface area contributed by atoms with Gasteiger partial charge in [-0.1, -0.05) is 31.2 Å². The van der Waals surface area contributed by atoms with E-state index in [0.717, 1.165) is 46.9 Å². The molecule has 8 heteroatoms. The van der Waals surface area contributed by atoms with Crippen molar-refractivity contribution in [3.8, 4) is 5.88 Å². The number of fused-ring (bicyclic) bond motifs is 1. The second-order valence-corrected chi connectivity index (χ2v) is 9.73. The monoisotopic (exact) mass is 468 g/mol. The van der Waals surface area contributed by atoms with Gasteiger partial charge in [-0.25, -0.2) is 4.98 Å². The zero-order chi connectivity index (χ0) is 23.4. The highest BCUT2D eigenvalue weighted by Crippen LogP contribution is 2.35. The fourth-order valence-electron chi connectivity index (χ4n) is 4.30. The minimum Gasteiger partial charge on any atom is -0.480 e. The topological polar surface area (TPSA) is 76.6 Å². The maximum absolute atomic E-state index is 13.1. The molecule has 2 aromatic heterocycles. The normalized spacial score (nSPS) is 15.2. The van der Waals surface area contributed by atoms with Gasteiger partial charge in [-0.2, -0.15) is 4.98 Å². The Morgan fingerprint density at radius 3 is 2.61 bits per heavy atom. The lowest BCUT2D eigenvalue weighted by Gasteiger charge is -2.30. The van der Waals surface area contributed by atoms with Crippen LogP contribution in [-0.4, -0.2) is 48.1 Å². The number of aryl methyl sites for hydroxylation is 1. The number of nitrogens with one attached hydrogen (secondary N) is 1. The van der Waals surface area contributed by atoms with Gasteiger partial charge in [0.15, 0.2) is 5.82 Å². The van der Waals surface area contributed by atoms with Crippen LogP contribution < -0.4 is 10.1 Å². The summed E-state index contributed by atoms with van der Waals surface area (Å²) in [5.74, 6) is 1.72. The van der Waals surface area contributed by atoms with Crippen molar-refractivity contribution in [1.82, 2.24) is 20.2 Å². The van der Waals surface area contributed by atoms with E-state index in [0.29, 0.717) is 23.1 Å². The molecule has 0 unspecified atom stereocenters. The van der Waals surface area contributed by atoms with E-state index in [9.17, 15) is 4.79 Å². The molecule has 0 aliphatic carbocycles. The second-order valence-electron chi connectivity index (χ2n) is 8.73. The number of benzene rings is 1. The van der Waals surface area contributed by atoms with Crippen molar-refractivity contribution in [3.63, 3.8) is 0 Å². The van der Waals surface area contributed by atoms with Crippen molar-refractivity contribution in [3.05, 3.63) is 51.7 Å². The molecule has 1 aliphatic heterocycles. The quantitative estimate of drug-likeness (QED) is 0.531. The van der Waals surface area contributed by atoms with E-state index >= 15 is 0 Å². The van der Waals surface area contributed by atoms with E-state index in [1.807, 2.05) is 13.0 Å². The van der Waals surface area contributed by atoms with E-state index < -0.39 is 0 Å². The lowest BCUT2D eigenvalue weighted by atomic mass is 9.98. The zero-order valence-corrected chi connectivity index (χ0v) is 20.6. The van der Waals surface area contributed by atoms with Crippen LogP contribution in [0.3, 0.4) is 0 Å². The number of thiophene rings is 1. The van der Waals surface area contributed by atoms with Crippen molar-refractivity contribution in [2.75, 3.05) is 27.3 Å². The molecule has 1 aliphatic rings. The Bertz CT molecular complexity index is 1120. The van der Waals surface area contributed by atoms with Gasteiger partial charge in [0.05, 0.1) is 17.4 Å². The fourth-order valence-corrected chi connectivity index (χ4v) is 5.41. The number of methoxy groups -OCH3 is 2. The minimum absolute atomic E-state index is 0.104. The van der Waals surface area contributed by atoms with Crippen LogP contribution >= 0.6 is 11.3 Å². The smallest absolute Gasteiger partial charge is 0.261 e. The highest BCUT2D eigenvalue weighted by molar-refractivity contribution is 7.20. The maximum Gasteiger partial charge on any atom is 0.261 e. The van der Waals surface area contributed by atoms with Gasteiger partial charge >= 0.3 is 0 Å². The first-order valence-electron chi connectivity index (χ1n) is 11.4. The minimum atomic E-state index is -0.104. The number of nitrogens with zero attached hydrogens (tertiary/aromatic N) is 3. The summed E-state index contributed by atoms with van der Waals surface area (Å²) in [6, 6.07) is 8.38. The van der Waals surface area contributed by atoms with Gasteiger partial charge in [0.2, 0.25) is 5.88 Å². The van der Waals surface area contributed by atoms with Crippen LogP contribution in [0.2, 0.25) is 0 Å². The molecule has 1 N–H and O–H groups in total. The van der Waals surface area contributed by atoms with E-state index in [4.69, 9.17) is 9.47 Å². The van der Waals surface area contributed by atoms with E-state index in [1.165, 1.54) is 29.7 Å². The molecule has 1 saturated heterocycles. The Morgan fingerprint density at radius 2 is 1.91 bits per heavy atom. The van der Waals surface area contributed by atoms with Gasteiger partial charge in [0, 0.05) is 20.2 Å². The molecule has 0 spiro atoms. The Balaban J connectivity index is 1.50. The Labute approximate surface area is 199 Å². The number of carbonyl (C=O) groups is 1. The second kappa shape index (κ2) is 10.6. The molecule has 33 heavy (non-hydrogen) atoms. The Morgan fingerprint density at radius 1 is 1.18 bits per heavy atom. The molecule has 176 valence electrons. The van der Waals surface area contributed by atoms with Gasteiger partial charge in [-0.3, -0.25) is 9.69 Å². The van der Waals surface area contributed by atoms with Gasteiger partial charge in [0.1, 0.15) is 11.4 Å². The first kappa shape index (κ1) is 23.6. The molecule has 3 aromatic rings. The summed E-state index contributed by atoms with van der Waals surface area (Å²) in [6.45, 7) is 8.22. The van der Waals surface area contributed by atoms with Crippen LogP contribution in [0.4, 0.5) is 0 Å². The Hall–Kier alpha value is -2.55. The first-order chi connectivity index (χ1) is 16.0. The summed E-state index contributed by atoms with van der Waals surface area (Å²) < 4.78 is 10.6. The van der Waals surface area contributed by atoms with Crippen molar-refractivity contribution < 1.29 is 14.3 Å². The van der Waals surface area contributed by atoms with E-state index in [2.05, 4.69) is 45.3 Å². The third-order valence-electron chi connectivity index (χ3n) is 6.30. The number of likely N-dealkylation sites (tertiary alicyclic amines) is 1. The number of piperidine rings is 1. The molecule has 1 fully saturated rings. The highest BCUT2D eigenvalue weighted by Gasteiger charge is 2.22. The number of carbonyl (C=O) groups excluding carboxylic acids is 1. The molecular weight excluding hydrogens is 436 g/mol. The van der Waals surface area contributed by atoms with Crippen LogP contribution in [0, 0.1) is 12.8 Å². The third kappa shape index (κ3) is 5.34. The predicted molar refractivity (Wildman–Crippen MR) is 131 cm³/mol. The molecule has 1 amide bonds. The average molecular weight is 469 g/mol. The van der Waals surface area contributed by atoms with E-state index in [-0.39, 0.29) is 12.5 Å². The van der Waals surface area contributed by atoms with E-state index in [1.54, 1.807) is 14.2 Å². The summed E-state index contributed by atoms with van der Waals surface area (Å²) >= 11 is 1.36. The van der Waals surface area contributed by atoms with Gasteiger partial charge < -0.3 is 14.8 Å². The molecule has 0 atom stereocenters. The average Bonchev–Trinajstić information content (AvgIpc) is 3.16. The Kier molecular flexibility index (Phi) is 7.57. The van der Waals surface area contributed by atoms with Crippen LogP contribution in [0.5, 0.6) is 5.88 Å². The summed E-state index contributed by atoms with van der Waals surface area (Å²) in [7, 11) is 3.18. The number of ether oxygens (including phenoxy) is 2. The van der Waals surface area contributed by atoms with Crippen molar-refractivity contribution in [1.29, 1.82) is 0 Å². The number of aromatic nitrogens is 2. The van der Waals surface area contributed by atoms with Crippen LogP contribution in [0.1, 0.15) is 52.0 Å². The number of hydrogen-bond acceptors (Lipinski definition) is 7. The summed E-state index contributed by atoms with van der Waals surface area (Å²) in [4.78, 5) is 26.0. The van der Waals surface area contributed by atoms with Crippen LogP contribution in [-0.2, 0) is 24.4 Å². The maximum atomic E-state index is 13.1. The SMILES string of the molecule is COCc1nc(OC)c2c(C)c(C(=O)NCc3ccccc3CN3CCC(C)CC3)sc2n1. The van der Waals surface area contributed by atoms with Gasteiger partial charge in [0.25, 0.3) is 5.91 Å². The van der Waals surface area contributed by atoms with Crippen LogP contribution in [0.25, 0.3) is 10.2 Å². The molecule has 0 bridgehead atoms. The fraction of sp³-hybridized carbons (Fsp3) is 0.480.